The topological polar surface area (TPSA) is 58.6 Å². The normalized spacial score (nSPS) is 10.9. The number of nitrogens with one attached hydrogen (secondary N) is 1. The van der Waals surface area contributed by atoms with Crippen molar-refractivity contribution in [2.24, 2.45) is 0 Å². The number of hydrogen-bond acceptors (Lipinski definition) is 3. The molecule has 1 N–H and O–H groups in total. The first kappa shape index (κ1) is 8.11. The summed E-state index contributed by atoms with van der Waals surface area (Å²) >= 11 is 0. The fraction of sp³-hybridized carbons (Fsp3) is 0. The third-order valence-electron chi connectivity index (χ3n) is 2.38. The summed E-state index contributed by atoms with van der Waals surface area (Å²) in [7, 11) is 0. The van der Waals surface area contributed by atoms with Crippen LogP contribution in [0.4, 0.5) is 0 Å². The van der Waals surface area contributed by atoms with E-state index < -0.39 is 0 Å². The van der Waals surface area contributed by atoms with Crippen LogP contribution in [0.2, 0.25) is 0 Å². The number of aromatic amines is 1. The van der Waals surface area contributed by atoms with Crippen LogP contribution in [0.3, 0.4) is 0 Å². The van der Waals surface area contributed by atoms with Crippen LogP contribution < -0.4 is 5.56 Å². The summed E-state index contributed by atoms with van der Waals surface area (Å²) in [6.45, 7) is 0. The Balaban J connectivity index is 2.70. The van der Waals surface area contributed by atoms with Crippen LogP contribution in [0.5, 0.6) is 0 Å². The minimum absolute atomic E-state index is 0.104. The summed E-state index contributed by atoms with van der Waals surface area (Å²) in [5.41, 5.74) is 1.41. The zero-order valence-corrected chi connectivity index (χ0v) is 7.77. The van der Waals surface area contributed by atoms with Gasteiger partial charge in [-0.2, -0.15) is 0 Å². The first-order chi connectivity index (χ1) is 7.36. The van der Waals surface area contributed by atoms with E-state index in [1.807, 2.05) is 6.07 Å². The van der Waals surface area contributed by atoms with Crippen LogP contribution in [-0.4, -0.2) is 15.0 Å². The largest absolute Gasteiger partial charge is 0.320 e. The monoisotopic (exact) mass is 197 g/mol. The molecule has 0 aliphatic heterocycles. The van der Waals surface area contributed by atoms with E-state index in [4.69, 9.17) is 0 Å². The van der Waals surface area contributed by atoms with Gasteiger partial charge in [0.15, 0.2) is 0 Å². The molecule has 15 heavy (non-hydrogen) atoms. The molecule has 0 spiro atoms. The van der Waals surface area contributed by atoms with Crippen molar-refractivity contribution in [3.63, 3.8) is 0 Å². The van der Waals surface area contributed by atoms with Crippen molar-refractivity contribution in [2.45, 2.75) is 0 Å². The van der Waals surface area contributed by atoms with Gasteiger partial charge in [0.1, 0.15) is 0 Å². The molecule has 0 unspecified atom stereocenters. The van der Waals surface area contributed by atoms with Gasteiger partial charge in [0.05, 0.1) is 16.4 Å². The number of fused-ring (bicyclic) bond motifs is 3. The maximum absolute atomic E-state index is 11.7. The van der Waals surface area contributed by atoms with Gasteiger partial charge >= 0.3 is 0 Å². The van der Waals surface area contributed by atoms with Gasteiger partial charge in [-0.05, 0) is 18.2 Å². The van der Waals surface area contributed by atoms with Crippen molar-refractivity contribution in [2.75, 3.05) is 0 Å². The van der Waals surface area contributed by atoms with Gasteiger partial charge in [0.2, 0.25) is 0 Å². The molecule has 0 amide bonds. The lowest BCUT2D eigenvalue weighted by Gasteiger charge is -2.00. The highest BCUT2D eigenvalue weighted by atomic mass is 16.1. The lowest BCUT2D eigenvalue weighted by atomic mass is 10.2. The van der Waals surface area contributed by atoms with Gasteiger partial charge in [-0.1, -0.05) is 0 Å². The van der Waals surface area contributed by atoms with Gasteiger partial charge in [-0.25, -0.2) is 0 Å². The molecule has 3 rings (SSSR count). The van der Waals surface area contributed by atoms with Gasteiger partial charge < -0.3 is 4.98 Å². The highest BCUT2D eigenvalue weighted by Crippen LogP contribution is 2.16. The fourth-order valence-electron chi connectivity index (χ4n) is 1.69. The molecule has 72 valence electrons. The quantitative estimate of drug-likeness (QED) is 0.555. The van der Waals surface area contributed by atoms with Crippen LogP contribution in [0.25, 0.3) is 21.8 Å². The van der Waals surface area contributed by atoms with E-state index >= 15 is 0 Å². The Morgan fingerprint density at radius 2 is 2.07 bits per heavy atom. The minimum Gasteiger partial charge on any atom is -0.320 e. The van der Waals surface area contributed by atoms with Gasteiger partial charge in [-0.15, -0.1) is 0 Å². The number of hydrogen-bond donors (Lipinski definition) is 1. The first-order valence-electron chi connectivity index (χ1n) is 4.57. The first-order valence-corrected chi connectivity index (χ1v) is 4.57. The molecule has 3 aromatic heterocycles. The Kier molecular flexibility index (Phi) is 1.56. The summed E-state index contributed by atoms with van der Waals surface area (Å²) < 4.78 is 0. The molecule has 0 radical (unpaired) electrons. The third-order valence-corrected chi connectivity index (χ3v) is 2.38. The Bertz CT molecular complexity index is 703. The second-order valence-electron chi connectivity index (χ2n) is 3.27. The van der Waals surface area contributed by atoms with E-state index in [9.17, 15) is 4.79 Å². The van der Waals surface area contributed by atoms with Crippen LogP contribution in [0, 0.1) is 0 Å². The number of nitrogens with zero attached hydrogens (tertiary/aromatic N) is 2. The molecule has 0 aromatic carbocycles. The molecule has 4 nitrogen and oxygen atoms in total. The SMILES string of the molecule is O=c1[nH]c2cccnc2c2cnccc12. The Morgan fingerprint density at radius 3 is 3.00 bits per heavy atom. The predicted octanol–water partition coefficient (Wildman–Crippen LogP) is 1.47. The van der Waals surface area contributed by atoms with Crippen LogP contribution in [0.1, 0.15) is 0 Å². The summed E-state index contributed by atoms with van der Waals surface area (Å²) in [5, 5.41) is 1.41. The molecule has 0 aliphatic rings. The van der Waals surface area contributed by atoms with Crippen molar-refractivity contribution < 1.29 is 0 Å². The minimum atomic E-state index is -0.104. The summed E-state index contributed by atoms with van der Waals surface area (Å²) in [6.07, 6.45) is 4.97. The van der Waals surface area contributed by atoms with Crippen molar-refractivity contribution in [1.29, 1.82) is 0 Å². The number of aromatic nitrogens is 3. The highest BCUT2D eigenvalue weighted by Gasteiger charge is 2.04. The predicted molar refractivity (Wildman–Crippen MR) is 57.7 cm³/mol. The lowest BCUT2D eigenvalue weighted by molar-refractivity contribution is 1.29. The van der Waals surface area contributed by atoms with Gasteiger partial charge in [0.25, 0.3) is 5.56 Å². The molecule has 0 fully saturated rings. The molecular formula is C11H7N3O. The molecule has 0 saturated carbocycles. The van der Waals surface area contributed by atoms with Crippen molar-refractivity contribution in [1.82, 2.24) is 15.0 Å². The molecule has 0 saturated heterocycles. The Hall–Kier alpha value is -2.23. The summed E-state index contributed by atoms with van der Waals surface area (Å²) in [5.74, 6) is 0. The smallest absolute Gasteiger partial charge is 0.256 e. The molecule has 0 atom stereocenters. The van der Waals surface area contributed by atoms with Crippen molar-refractivity contribution in [3.8, 4) is 0 Å². The van der Waals surface area contributed by atoms with E-state index in [2.05, 4.69) is 15.0 Å². The average molecular weight is 197 g/mol. The lowest BCUT2D eigenvalue weighted by Crippen LogP contribution is -2.06. The molecule has 0 aliphatic carbocycles. The molecule has 4 heteroatoms. The molecular weight excluding hydrogens is 190 g/mol. The van der Waals surface area contributed by atoms with E-state index in [1.165, 1.54) is 0 Å². The van der Waals surface area contributed by atoms with Crippen molar-refractivity contribution in [3.05, 3.63) is 47.1 Å². The maximum atomic E-state index is 11.7. The van der Waals surface area contributed by atoms with E-state index in [-0.39, 0.29) is 5.56 Å². The maximum Gasteiger partial charge on any atom is 0.256 e. The van der Waals surface area contributed by atoms with E-state index in [0.717, 1.165) is 16.4 Å². The highest BCUT2D eigenvalue weighted by molar-refractivity contribution is 6.02. The Labute approximate surface area is 84.6 Å². The van der Waals surface area contributed by atoms with E-state index in [1.54, 1.807) is 30.7 Å². The summed E-state index contributed by atoms with van der Waals surface area (Å²) in [6, 6.07) is 5.32. The number of H-pyrrole nitrogens is 1. The molecule has 0 bridgehead atoms. The summed E-state index contributed by atoms with van der Waals surface area (Å²) in [4.78, 5) is 22.7. The number of pyridine rings is 3. The standard InChI is InChI=1S/C11H7N3O/c15-11-7-3-5-12-6-8(7)10-9(14-11)2-1-4-13-10/h1-6H,(H,14,15). The van der Waals surface area contributed by atoms with Crippen LogP contribution in [0.15, 0.2) is 41.6 Å². The molecule has 3 aromatic rings. The average Bonchev–Trinajstić information content (AvgIpc) is 2.30. The number of rotatable bonds is 0. The Morgan fingerprint density at radius 1 is 1.13 bits per heavy atom. The zero-order valence-electron chi connectivity index (χ0n) is 7.77. The van der Waals surface area contributed by atoms with Crippen LogP contribution in [-0.2, 0) is 0 Å². The fourth-order valence-corrected chi connectivity index (χ4v) is 1.69. The van der Waals surface area contributed by atoms with Gasteiger partial charge in [-0.3, -0.25) is 14.8 Å². The zero-order chi connectivity index (χ0) is 10.3. The molecule has 3 heterocycles. The van der Waals surface area contributed by atoms with E-state index in [0.29, 0.717) is 5.39 Å². The second kappa shape index (κ2) is 2.88. The third kappa shape index (κ3) is 1.11. The second-order valence-corrected chi connectivity index (χ2v) is 3.27. The van der Waals surface area contributed by atoms with Gasteiger partial charge in [0, 0.05) is 24.0 Å². The van der Waals surface area contributed by atoms with Crippen molar-refractivity contribution >= 4 is 21.8 Å². The van der Waals surface area contributed by atoms with Crippen LogP contribution >= 0.6 is 0 Å².